The summed E-state index contributed by atoms with van der Waals surface area (Å²) in [5.41, 5.74) is 0. The van der Waals surface area contributed by atoms with Crippen LogP contribution < -0.4 is 0 Å². The van der Waals surface area contributed by atoms with E-state index in [1.807, 2.05) is 0 Å². The molecule has 0 saturated heterocycles. The van der Waals surface area contributed by atoms with Gasteiger partial charge in [0.2, 0.25) is 0 Å². The van der Waals surface area contributed by atoms with Crippen LogP contribution in [0.2, 0.25) is 0 Å². The number of hydrogen-bond acceptors (Lipinski definition) is 1. The fraction of sp³-hybridized carbons (Fsp3) is 0.400. The SMILES string of the molecule is C=CCC(C)=O.[I][V][I]. The molecule has 4 heteroatoms. The molecule has 0 aliphatic heterocycles. The van der Waals surface area contributed by atoms with Gasteiger partial charge in [0.05, 0.1) is 0 Å². The van der Waals surface area contributed by atoms with E-state index < -0.39 is 0 Å². The van der Waals surface area contributed by atoms with Gasteiger partial charge in [0.1, 0.15) is 5.78 Å². The Morgan fingerprint density at radius 2 is 2.11 bits per heavy atom. The van der Waals surface area contributed by atoms with Crippen LogP contribution in [0.3, 0.4) is 0 Å². The topological polar surface area (TPSA) is 17.1 Å². The first kappa shape index (κ1) is 13.1. The van der Waals surface area contributed by atoms with Crippen LogP contribution in [0.1, 0.15) is 13.3 Å². The maximum absolute atomic E-state index is 9.97. The van der Waals surface area contributed by atoms with Gasteiger partial charge >= 0.3 is 49.4 Å². The normalized spacial score (nSPS) is 6.56. The van der Waals surface area contributed by atoms with E-state index in [1.54, 1.807) is 13.0 Å². The summed E-state index contributed by atoms with van der Waals surface area (Å²) in [6.07, 6.45) is 2.10. The first-order valence-corrected chi connectivity index (χ1v) is 11.2. The minimum absolute atomic E-state index is 0.171. The number of rotatable bonds is 2. The first-order valence-electron chi connectivity index (χ1n) is 2.21. The summed E-state index contributed by atoms with van der Waals surface area (Å²) >= 11 is 4.74. The van der Waals surface area contributed by atoms with Gasteiger partial charge in [0.25, 0.3) is 0 Å². The predicted octanol–water partition coefficient (Wildman–Crippen LogP) is 2.92. The Balaban J connectivity index is 0. The standard InChI is InChI=1S/C5H8O.2HI.V/c1-3-4-5(2)6;;;/h3H,1,4H2,2H3;2*1H;/q;;;+2/p-2. The molecule has 0 bridgehead atoms. The number of allylic oxidation sites excluding steroid dienone is 1. The van der Waals surface area contributed by atoms with Crippen LogP contribution >= 0.6 is 40.0 Å². The summed E-state index contributed by atoms with van der Waals surface area (Å²) in [6, 6.07) is 0. The zero-order valence-electron chi connectivity index (χ0n) is 5.10. The van der Waals surface area contributed by atoms with E-state index in [9.17, 15) is 4.79 Å². The monoisotopic (exact) mass is 389 g/mol. The molecule has 0 fully saturated rings. The molecule has 0 radical (unpaired) electrons. The second-order valence-electron chi connectivity index (χ2n) is 1.26. The van der Waals surface area contributed by atoms with E-state index >= 15 is 0 Å². The van der Waals surface area contributed by atoms with E-state index in [1.165, 1.54) is 0 Å². The van der Waals surface area contributed by atoms with E-state index in [-0.39, 0.29) is 5.78 Å². The molecule has 53 valence electrons. The second kappa shape index (κ2) is 12.2. The van der Waals surface area contributed by atoms with Crippen molar-refractivity contribution < 1.29 is 14.3 Å². The summed E-state index contributed by atoms with van der Waals surface area (Å²) in [4.78, 5) is 9.97. The van der Waals surface area contributed by atoms with Gasteiger partial charge in [-0.1, -0.05) is 6.08 Å². The third kappa shape index (κ3) is 26.5. The fourth-order valence-corrected chi connectivity index (χ4v) is 0.203. The van der Waals surface area contributed by atoms with Crippen molar-refractivity contribution in [3.63, 3.8) is 0 Å². The van der Waals surface area contributed by atoms with Crippen molar-refractivity contribution in [2.45, 2.75) is 13.3 Å². The Labute approximate surface area is 84.9 Å². The zero-order chi connectivity index (χ0) is 7.70. The number of hydrogen-bond donors (Lipinski definition) is 0. The molecule has 0 unspecified atom stereocenters. The fourth-order valence-electron chi connectivity index (χ4n) is 0.203. The minimum atomic E-state index is 0.171. The van der Waals surface area contributed by atoms with Crippen molar-refractivity contribution in [1.29, 1.82) is 0 Å². The van der Waals surface area contributed by atoms with Gasteiger partial charge in [-0.25, -0.2) is 0 Å². The molecule has 0 atom stereocenters. The van der Waals surface area contributed by atoms with E-state index in [0.29, 0.717) is 15.9 Å². The van der Waals surface area contributed by atoms with Crippen molar-refractivity contribution in [2.75, 3.05) is 0 Å². The van der Waals surface area contributed by atoms with Crippen LogP contribution in [0.5, 0.6) is 0 Å². The number of Topliss-reactive ketones (excluding diaryl/α,β-unsaturated/α-hetero) is 1. The van der Waals surface area contributed by atoms with E-state index in [2.05, 4.69) is 46.5 Å². The van der Waals surface area contributed by atoms with Gasteiger partial charge in [-0.3, -0.25) is 4.79 Å². The Bertz CT molecular complexity index is 85.0. The Morgan fingerprint density at radius 3 is 2.11 bits per heavy atom. The number of carbonyl (C=O) groups excluding carboxylic acids is 1. The molecule has 0 heterocycles. The molecule has 0 aromatic carbocycles. The molecule has 0 aromatic rings. The molecule has 0 aliphatic rings. The summed E-state index contributed by atoms with van der Waals surface area (Å²) in [7, 11) is 0.628. The number of carbonyl (C=O) groups is 1. The van der Waals surface area contributed by atoms with Crippen molar-refractivity contribution in [3.8, 4) is 0 Å². The van der Waals surface area contributed by atoms with Gasteiger partial charge in [0, 0.05) is 6.42 Å². The summed E-state index contributed by atoms with van der Waals surface area (Å²) in [6.45, 7) is 4.92. The molecule has 0 rings (SSSR count). The third-order valence-corrected chi connectivity index (χ3v) is 0.432. The van der Waals surface area contributed by atoms with Crippen LogP contribution in [0.4, 0.5) is 0 Å². The summed E-state index contributed by atoms with van der Waals surface area (Å²) in [5.74, 6) is 0.171. The summed E-state index contributed by atoms with van der Waals surface area (Å²) < 4.78 is 0. The molecule has 0 saturated carbocycles. The molecule has 1 nitrogen and oxygen atoms in total. The van der Waals surface area contributed by atoms with Crippen LogP contribution in [-0.4, -0.2) is 5.78 Å². The molecule has 0 amide bonds. The van der Waals surface area contributed by atoms with Crippen molar-refractivity contribution in [1.82, 2.24) is 0 Å². The van der Waals surface area contributed by atoms with Crippen molar-refractivity contribution in [2.24, 2.45) is 0 Å². The van der Waals surface area contributed by atoms with Crippen LogP contribution in [0.25, 0.3) is 0 Å². The Morgan fingerprint density at radius 1 is 1.78 bits per heavy atom. The second-order valence-corrected chi connectivity index (χ2v) is 13.0. The molecule has 0 aromatic heterocycles. The van der Waals surface area contributed by atoms with Gasteiger partial charge in [-0.2, -0.15) is 0 Å². The maximum atomic E-state index is 9.97. The van der Waals surface area contributed by atoms with Crippen molar-refractivity contribution >= 4 is 45.7 Å². The molecule has 0 N–H and O–H groups in total. The molecule has 0 spiro atoms. The third-order valence-electron chi connectivity index (χ3n) is 0.432. The number of ketones is 1. The number of halogens is 2. The van der Waals surface area contributed by atoms with Gasteiger partial charge in [-0.05, 0) is 6.92 Å². The van der Waals surface area contributed by atoms with Crippen molar-refractivity contribution in [3.05, 3.63) is 12.7 Å². The van der Waals surface area contributed by atoms with Gasteiger partial charge in [0.15, 0.2) is 0 Å². The van der Waals surface area contributed by atoms with Crippen LogP contribution in [0.15, 0.2) is 12.7 Å². The molecular formula is C5H8I2OV. The van der Waals surface area contributed by atoms with Crippen LogP contribution in [0, 0.1) is 0 Å². The zero-order valence-corrected chi connectivity index (χ0v) is 10.8. The first-order chi connectivity index (χ1) is 4.18. The van der Waals surface area contributed by atoms with E-state index in [0.717, 1.165) is 0 Å². The average Bonchev–Trinajstić information content (AvgIpc) is 1.67. The van der Waals surface area contributed by atoms with Gasteiger partial charge in [-0.15, -0.1) is 6.58 Å². The summed E-state index contributed by atoms with van der Waals surface area (Å²) in [5, 5.41) is 0. The molecule has 0 aliphatic carbocycles. The predicted molar refractivity (Wildman–Crippen MR) is 53.5 cm³/mol. The molecular weight excluding hydrogens is 381 g/mol. The Hall–Kier alpha value is 1.45. The van der Waals surface area contributed by atoms with Gasteiger partial charge < -0.3 is 0 Å². The van der Waals surface area contributed by atoms with Crippen LogP contribution in [-0.2, 0) is 14.3 Å². The Kier molecular flexibility index (Phi) is 17.7. The quantitative estimate of drug-likeness (QED) is 0.525. The molecule has 9 heavy (non-hydrogen) atoms. The van der Waals surface area contributed by atoms with E-state index in [4.69, 9.17) is 0 Å². The average molecular weight is 389 g/mol.